The van der Waals surface area contributed by atoms with Gasteiger partial charge in [0.25, 0.3) is 23.6 Å². The smallest absolute Gasteiger partial charge is 0.255 e. The summed E-state index contributed by atoms with van der Waals surface area (Å²) in [6, 6.07) is 10.5. The molecule has 0 saturated carbocycles. The van der Waals surface area contributed by atoms with Crippen molar-refractivity contribution in [2.75, 3.05) is 75.9 Å². The molecule has 0 aliphatic rings. The van der Waals surface area contributed by atoms with E-state index < -0.39 is 83.4 Å². The Hall–Kier alpha value is -11.7. The van der Waals surface area contributed by atoms with E-state index in [0.29, 0.717) is 13.0 Å². The largest absolute Gasteiger partial charge is 0.496 e. The summed E-state index contributed by atoms with van der Waals surface area (Å²) in [5, 5.41) is 61.8. The van der Waals surface area contributed by atoms with Crippen LogP contribution in [0.15, 0.2) is 72.8 Å². The number of guanidine groups is 4. The summed E-state index contributed by atoms with van der Waals surface area (Å²) in [4.78, 5) is 123. The van der Waals surface area contributed by atoms with Gasteiger partial charge in [0, 0.05) is 48.9 Å². The summed E-state index contributed by atoms with van der Waals surface area (Å²) < 4.78 is 21.6. The number of benzene rings is 4. The van der Waals surface area contributed by atoms with Gasteiger partial charge in [0.2, 0.25) is 29.5 Å². The third-order valence-electron chi connectivity index (χ3n) is 13.8. The first-order chi connectivity index (χ1) is 44.7. The molecule has 9 amide bonds. The molecule has 28 N–H and O–H groups in total. The maximum Gasteiger partial charge on any atom is 0.255 e. The van der Waals surface area contributed by atoms with E-state index in [-0.39, 0.29) is 156 Å². The van der Waals surface area contributed by atoms with Crippen molar-refractivity contribution in [2.24, 2.45) is 34.4 Å². The molecule has 508 valence electrons. The number of amides is 9. The van der Waals surface area contributed by atoms with Crippen LogP contribution in [0.1, 0.15) is 99.7 Å². The van der Waals surface area contributed by atoms with Gasteiger partial charge in [-0.1, -0.05) is 0 Å². The van der Waals surface area contributed by atoms with Crippen LogP contribution in [0.5, 0.6) is 23.0 Å². The van der Waals surface area contributed by atoms with E-state index in [1.807, 2.05) is 0 Å². The Morgan fingerprint density at radius 3 is 0.968 bits per heavy atom. The number of hydrogen-bond acceptors (Lipinski definition) is 18. The van der Waals surface area contributed by atoms with Gasteiger partial charge in [0.05, 0.1) is 56.7 Å². The number of rotatable bonds is 37. The number of ether oxygens (including phenoxy) is 4. The highest BCUT2D eigenvalue weighted by atomic mass is 16.5. The fourth-order valence-corrected chi connectivity index (χ4v) is 8.97. The normalized spacial score (nSPS) is 12.1. The maximum atomic E-state index is 14.3. The van der Waals surface area contributed by atoms with Gasteiger partial charge in [-0.05, 0) is 131 Å². The van der Waals surface area contributed by atoms with E-state index in [9.17, 15) is 43.2 Å². The summed E-state index contributed by atoms with van der Waals surface area (Å²) in [5.41, 5.74) is 33.4. The summed E-state index contributed by atoms with van der Waals surface area (Å²) >= 11 is 0. The molecule has 0 aromatic heterocycles. The number of hydrogen-bond donors (Lipinski definition) is 22. The first-order valence-electron chi connectivity index (χ1n) is 29.2. The molecule has 0 saturated heterocycles. The maximum absolute atomic E-state index is 14.3. The van der Waals surface area contributed by atoms with Crippen LogP contribution in [-0.2, 0) is 24.0 Å². The lowest BCUT2D eigenvalue weighted by Gasteiger charge is -2.22. The Morgan fingerprint density at radius 2 is 0.660 bits per heavy atom. The number of methoxy groups -OCH3 is 4. The first-order valence-corrected chi connectivity index (χ1v) is 29.2. The minimum absolute atomic E-state index is 0.0165. The molecule has 0 aliphatic heterocycles. The minimum atomic E-state index is -1.33. The fraction of sp³-hybridized carbons (Fsp3) is 0.373. The zero-order chi connectivity index (χ0) is 69.6. The highest BCUT2D eigenvalue weighted by molar-refractivity contribution is 6.07. The molecule has 35 nitrogen and oxygen atoms in total. The molecule has 0 fully saturated rings. The Balaban J connectivity index is 1.54. The van der Waals surface area contributed by atoms with Crippen LogP contribution >= 0.6 is 0 Å². The molecule has 5 atom stereocenters. The topological polar surface area (TPSA) is 586 Å². The number of carbonyl (C=O) groups excluding carboxylic acids is 9. The van der Waals surface area contributed by atoms with Crippen LogP contribution in [0.2, 0.25) is 0 Å². The average molecular weight is 1310 g/mol. The molecule has 0 bridgehead atoms. The third kappa shape index (κ3) is 24.3. The van der Waals surface area contributed by atoms with Crippen LogP contribution < -0.4 is 117 Å². The Kier molecular flexibility index (Phi) is 29.8. The second-order valence-corrected chi connectivity index (χ2v) is 20.8. The average Bonchev–Trinajstić information content (AvgIpc) is 0.848. The van der Waals surface area contributed by atoms with Crippen LogP contribution in [-0.4, -0.2) is 162 Å². The number of anilines is 4. The van der Waals surface area contributed by atoms with E-state index in [2.05, 4.69) is 63.8 Å². The standard InChI is InChI=1S/C59H84N22O13/c1-30(74-53(88)40(11-7-23-71-57(64)65)79-49(84)37-28-33(16-20-45(37)93-4)76-52(87)39(60)10-6-22-70-56(62)63)48(83)75-32-15-19-44(92-3)36(27-32)50(85)81-42(13-9-25-73-59(68)69)55(90)78-34-17-21-46(94-5)38(29-34)51(86)80-41(12-8-24-72-58(66)67)54(89)77-31-14-18-43(91-2)35(26-31)47(61)82/h14-21,26-30,39-42H,6-13,22-25,60H2,1-5H3,(H2,61,82)(H,74,88)(H,75,83)(H,76,87)(H,77,89)(H,78,90)(H,79,84)(H,80,86)(H,81,85)(H4,62,63,70)(H4,64,65,71)(H4,66,67,72)(H4,68,69,73)/t30-,39?,40+,41+,42+/m0/s1. The van der Waals surface area contributed by atoms with Gasteiger partial charge < -0.3 is 117 Å². The molecule has 0 heterocycles. The molecule has 35 heteroatoms. The first kappa shape index (κ1) is 74.8. The lowest BCUT2D eigenvalue weighted by atomic mass is 10.1. The van der Waals surface area contributed by atoms with Gasteiger partial charge >= 0.3 is 0 Å². The fourth-order valence-electron chi connectivity index (χ4n) is 8.97. The van der Waals surface area contributed by atoms with Crippen molar-refractivity contribution in [3.8, 4) is 23.0 Å². The van der Waals surface area contributed by atoms with Gasteiger partial charge in [-0.3, -0.25) is 64.8 Å². The molecule has 94 heavy (non-hydrogen) atoms. The van der Waals surface area contributed by atoms with E-state index in [0.717, 1.165) is 0 Å². The molecule has 1 unspecified atom stereocenters. The Labute approximate surface area is 541 Å². The quantitative estimate of drug-likeness (QED) is 0.0144. The second kappa shape index (κ2) is 37.5. The van der Waals surface area contributed by atoms with Crippen molar-refractivity contribution in [2.45, 2.75) is 88.5 Å². The summed E-state index contributed by atoms with van der Waals surface area (Å²) in [6.45, 7) is 2.09. The molecule has 0 aliphatic carbocycles. The van der Waals surface area contributed by atoms with Crippen molar-refractivity contribution in [1.82, 2.24) is 42.5 Å². The molecule has 4 rings (SSSR count). The van der Waals surface area contributed by atoms with Gasteiger partial charge in [-0.15, -0.1) is 0 Å². The lowest BCUT2D eigenvalue weighted by Crippen LogP contribution is -2.52. The minimum Gasteiger partial charge on any atom is -0.496 e. The zero-order valence-corrected chi connectivity index (χ0v) is 52.6. The van der Waals surface area contributed by atoms with Gasteiger partial charge in [0.1, 0.15) is 47.2 Å². The van der Waals surface area contributed by atoms with Crippen molar-refractivity contribution in [3.63, 3.8) is 0 Å². The SMILES string of the molecule is COc1ccc(NC(=O)[C@@H](CCCNC(=N)N)NC(=O)c2cc(NC(=O)[C@@H](CCCNC(=N)N)NC(=O)c3cc(NC(=O)[C@H](C)NC(=O)[C@@H](CCCNC(=N)N)NC(=O)c4cc(NC(=O)C(N)CCCNC(=N)N)ccc4OC)ccc3OC)ccc2OC)cc1C(N)=O. The van der Waals surface area contributed by atoms with E-state index in [1.165, 1.54) is 108 Å². The van der Waals surface area contributed by atoms with Crippen LogP contribution in [0.3, 0.4) is 0 Å². The van der Waals surface area contributed by atoms with Crippen LogP contribution in [0.4, 0.5) is 22.7 Å². The van der Waals surface area contributed by atoms with Gasteiger partial charge in [0.15, 0.2) is 23.8 Å². The predicted molar refractivity (Wildman–Crippen MR) is 351 cm³/mol. The highest BCUT2D eigenvalue weighted by Crippen LogP contribution is 2.28. The number of carbonyl (C=O) groups is 9. The molecule has 0 spiro atoms. The van der Waals surface area contributed by atoms with E-state index >= 15 is 0 Å². The summed E-state index contributed by atoms with van der Waals surface area (Å²) in [5.74, 6) is -7.82. The Bertz CT molecular complexity index is 3420. The highest BCUT2D eigenvalue weighted by Gasteiger charge is 2.30. The molecular formula is C59H84N22O13. The molecule has 4 aromatic carbocycles. The molecular weight excluding hydrogens is 1220 g/mol. The van der Waals surface area contributed by atoms with Gasteiger partial charge in [-0.2, -0.15) is 0 Å². The Morgan fingerprint density at radius 1 is 0.383 bits per heavy atom. The summed E-state index contributed by atoms with van der Waals surface area (Å²) in [6.07, 6.45) is 1.23. The number of nitrogens with one attached hydrogen (secondary N) is 16. The third-order valence-corrected chi connectivity index (χ3v) is 13.8. The van der Waals surface area contributed by atoms with Crippen molar-refractivity contribution >= 4 is 99.8 Å². The van der Waals surface area contributed by atoms with Crippen LogP contribution in [0.25, 0.3) is 0 Å². The van der Waals surface area contributed by atoms with Gasteiger partial charge in [-0.25, -0.2) is 0 Å². The predicted octanol–water partition coefficient (Wildman–Crippen LogP) is -1.15. The van der Waals surface area contributed by atoms with Crippen LogP contribution in [0, 0.1) is 21.6 Å². The van der Waals surface area contributed by atoms with E-state index in [4.69, 9.17) is 75.0 Å². The van der Waals surface area contributed by atoms with E-state index in [1.54, 1.807) is 0 Å². The summed E-state index contributed by atoms with van der Waals surface area (Å²) in [7, 11) is 5.23. The second-order valence-electron chi connectivity index (χ2n) is 20.8. The number of nitrogens with two attached hydrogens (primary N) is 6. The van der Waals surface area contributed by atoms with Crippen molar-refractivity contribution in [1.29, 1.82) is 21.6 Å². The number of primary amides is 1. The van der Waals surface area contributed by atoms with Crippen molar-refractivity contribution in [3.05, 3.63) is 95.1 Å². The van der Waals surface area contributed by atoms with Crippen molar-refractivity contribution < 1.29 is 62.1 Å². The lowest BCUT2D eigenvalue weighted by molar-refractivity contribution is -0.127. The molecule has 0 radical (unpaired) electrons. The zero-order valence-electron chi connectivity index (χ0n) is 52.6. The monoisotopic (exact) mass is 1310 g/mol. The molecule has 4 aromatic rings.